The molecule has 0 heterocycles. The number of hydrogen-bond donors (Lipinski definition) is 0. The predicted octanol–water partition coefficient (Wildman–Crippen LogP) is 5.87. The van der Waals surface area contributed by atoms with Crippen LogP contribution in [0.2, 0.25) is 0 Å². The van der Waals surface area contributed by atoms with Gasteiger partial charge in [-0.2, -0.15) is 0 Å². The highest BCUT2D eigenvalue weighted by Gasteiger charge is 2.19. The van der Waals surface area contributed by atoms with Crippen LogP contribution in [0.4, 0.5) is 5.69 Å². The molecular weight excluding hydrogens is 366 g/mol. The zero-order valence-corrected chi connectivity index (χ0v) is 17.3. The van der Waals surface area contributed by atoms with Crippen molar-refractivity contribution in [2.24, 2.45) is 0 Å². The lowest BCUT2D eigenvalue weighted by Gasteiger charge is -2.19. The number of methoxy groups -OCH3 is 1. The van der Waals surface area contributed by atoms with Crippen molar-refractivity contribution in [3.05, 3.63) is 90.0 Å². The van der Waals surface area contributed by atoms with Crippen molar-refractivity contribution in [3.63, 3.8) is 0 Å². The van der Waals surface area contributed by atoms with Crippen LogP contribution in [0.25, 0.3) is 0 Å². The summed E-state index contributed by atoms with van der Waals surface area (Å²) in [5, 5.41) is 0.0392. The molecule has 0 bridgehead atoms. The number of benzene rings is 3. The first-order chi connectivity index (χ1) is 13.6. The number of carbonyl (C=O) groups is 1. The van der Waals surface area contributed by atoms with Crippen LogP contribution in [-0.2, 0) is 0 Å². The largest absolute Gasteiger partial charge is 0.497 e. The van der Waals surface area contributed by atoms with E-state index in [4.69, 9.17) is 4.74 Å². The molecule has 0 spiro atoms. The van der Waals surface area contributed by atoms with Crippen LogP contribution in [0.15, 0.2) is 83.8 Å². The molecule has 0 radical (unpaired) electrons. The normalized spacial score (nSPS) is 11.7. The van der Waals surface area contributed by atoms with E-state index >= 15 is 0 Å². The minimum atomic E-state index is 0.0392. The molecule has 0 aliphatic heterocycles. The minimum absolute atomic E-state index is 0.0392. The van der Waals surface area contributed by atoms with E-state index in [0.29, 0.717) is 6.42 Å². The van der Waals surface area contributed by atoms with Gasteiger partial charge >= 0.3 is 0 Å². The van der Waals surface area contributed by atoms with Gasteiger partial charge in [0.15, 0.2) is 5.78 Å². The van der Waals surface area contributed by atoms with Crippen molar-refractivity contribution in [2.45, 2.75) is 16.6 Å². The Bertz CT molecular complexity index is 890. The Hall–Kier alpha value is -2.72. The molecule has 0 amide bonds. The van der Waals surface area contributed by atoms with Gasteiger partial charge < -0.3 is 9.64 Å². The fourth-order valence-electron chi connectivity index (χ4n) is 2.94. The third-order valence-electron chi connectivity index (χ3n) is 4.59. The quantitative estimate of drug-likeness (QED) is 0.355. The second-order valence-corrected chi connectivity index (χ2v) is 8.04. The Morgan fingerprint density at radius 3 is 2.14 bits per heavy atom. The summed E-state index contributed by atoms with van der Waals surface area (Å²) in [5.74, 6) is 0.986. The molecule has 0 aliphatic carbocycles. The Kier molecular flexibility index (Phi) is 6.77. The van der Waals surface area contributed by atoms with Crippen molar-refractivity contribution in [2.75, 3.05) is 26.1 Å². The van der Waals surface area contributed by atoms with Gasteiger partial charge in [-0.05, 0) is 42.0 Å². The number of carbonyl (C=O) groups excluding carboxylic acids is 1. The average Bonchev–Trinajstić information content (AvgIpc) is 2.74. The molecular formula is C24H25NO2S. The molecule has 1 atom stereocenters. The van der Waals surface area contributed by atoms with Crippen LogP contribution in [-0.4, -0.2) is 27.0 Å². The molecule has 0 saturated heterocycles. The third-order valence-corrected chi connectivity index (χ3v) is 5.85. The highest BCUT2D eigenvalue weighted by atomic mass is 32.2. The van der Waals surface area contributed by atoms with Gasteiger partial charge in [0.05, 0.1) is 7.11 Å². The lowest BCUT2D eigenvalue weighted by molar-refractivity contribution is 0.0982. The number of thioether (sulfide) groups is 1. The lowest BCUT2D eigenvalue weighted by Crippen LogP contribution is -2.09. The Balaban J connectivity index is 1.84. The summed E-state index contributed by atoms with van der Waals surface area (Å²) in [6, 6.07) is 25.9. The molecule has 0 unspecified atom stereocenters. The van der Waals surface area contributed by atoms with E-state index in [2.05, 4.69) is 29.2 Å². The van der Waals surface area contributed by atoms with Crippen LogP contribution in [0.5, 0.6) is 5.75 Å². The van der Waals surface area contributed by atoms with Crippen LogP contribution < -0.4 is 9.64 Å². The second-order valence-electron chi connectivity index (χ2n) is 6.76. The van der Waals surface area contributed by atoms with Gasteiger partial charge in [0.2, 0.25) is 0 Å². The highest BCUT2D eigenvalue weighted by Crippen LogP contribution is 2.39. The van der Waals surface area contributed by atoms with Crippen molar-refractivity contribution >= 4 is 23.2 Å². The van der Waals surface area contributed by atoms with E-state index in [1.54, 1.807) is 18.9 Å². The monoisotopic (exact) mass is 391 g/mol. The van der Waals surface area contributed by atoms with Crippen molar-refractivity contribution < 1.29 is 9.53 Å². The van der Waals surface area contributed by atoms with Crippen molar-refractivity contribution in [1.29, 1.82) is 0 Å². The van der Waals surface area contributed by atoms with E-state index in [-0.39, 0.29) is 11.0 Å². The smallest absolute Gasteiger partial charge is 0.164 e. The Morgan fingerprint density at radius 1 is 0.929 bits per heavy atom. The molecule has 28 heavy (non-hydrogen) atoms. The maximum atomic E-state index is 12.9. The molecule has 3 aromatic rings. The summed E-state index contributed by atoms with van der Waals surface area (Å²) < 4.78 is 5.25. The highest BCUT2D eigenvalue weighted by molar-refractivity contribution is 7.99. The van der Waals surface area contributed by atoms with Crippen molar-refractivity contribution in [3.8, 4) is 5.75 Å². The van der Waals surface area contributed by atoms with Gasteiger partial charge in [-0.25, -0.2) is 0 Å². The topological polar surface area (TPSA) is 29.5 Å². The van der Waals surface area contributed by atoms with Crippen LogP contribution >= 0.6 is 11.8 Å². The fraction of sp³-hybridized carbons (Fsp3) is 0.208. The number of anilines is 1. The fourth-order valence-corrected chi connectivity index (χ4v) is 4.09. The zero-order chi connectivity index (χ0) is 19.9. The first-order valence-corrected chi connectivity index (χ1v) is 10.1. The third kappa shape index (κ3) is 5.17. The van der Waals surface area contributed by atoms with Gasteiger partial charge in [-0.1, -0.05) is 42.5 Å². The van der Waals surface area contributed by atoms with E-state index in [1.807, 2.05) is 68.7 Å². The summed E-state index contributed by atoms with van der Waals surface area (Å²) in [5.41, 5.74) is 3.05. The molecule has 0 aliphatic rings. The average molecular weight is 392 g/mol. The number of hydrogen-bond acceptors (Lipinski definition) is 4. The maximum absolute atomic E-state index is 12.9. The SMILES string of the molecule is COc1ccc(S[C@H](CC(=O)c2ccccc2)c2ccc(N(C)C)cc2)cc1. The van der Waals surface area contributed by atoms with Crippen LogP contribution in [0.3, 0.4) is 0 Å². The molecule has 3 aromatic carbocycles. The standard InChI is InChI=1S/C24H25NO2S/c1-25(2)20-11-9-19(10-12-20)24(17-23(26)18-7-5-4-6-8-18)28-22-15-13-21(27-3)14-16-22/h4-16,24H,17H2,1-3H3/t24-/m1/s1. The van der Waals surface area contributed by atoms with Gasteiger partial charge in [0.1, 0.15) is 5.75 Å². The number of rotatable bonds is 8. The van der Waals surface area contributed by atoms with Gasteiger partial charge in [-0.3, -0.25) is 4.79 Å². The molecule has 3 rings (SSSR count). The summed E-state index contributed by atoms with van der Waals surface area (Å²) >= 11 is 1.71. The molecule has 0 fully saturated rings. The minimum Gasteiger partial charge on any atom is -0.497 e. The lowest BCUT2D eigenvalue weighted by atomic mass is 10.0. The van der Waals surface area contributed by atoms with Gasteiger partial charge in [0.25, 0.3) is 0 Å². The maximum Gasteiger partial charge on any atom is 0.164 e. The van der Waals surface area contributed by atoms with E-state index in [1.165, 1.54) is 0 Å². The van der Waals surface area contributed by atoms with E-state index < -0.39 is 0 Å². The van der Waals surface area contributed by atoms with Gasteiger partial charge in [-0.15, -0.1) is 11.8 Å². The second kappa shape index (κ2) is 9.47. The Labute approximate surface area is 171 Å². The van der Waals surface area contributed by atoms with Crippen LogP contribution in [0.1, 0.15) is 27.6 Å². The Morgan fingerprint density at radius 2 is 1.57 bits per heavy atom. The van der Waals surface area contributed by atoms with E-state index in [0.717, 1.165) is 27.5 Å². The molecule has 144 valence electrons. The summed E-state index contributed by atoms with van der Waals surface area (Å²) in [4.78, 5) is 16.0. The summed E-state index contributed by atoms with van der Waals surface area (Å²) in [7, 11) is 5.71. The number of ketones is 1. The molecule has 0 saturated carbocycles. The first kappa shape index (κ1) is 20.0. The van der Waals surface area contributed by atoms with E-state index in [9.17, 15) is 4.79 Å². The number of nitrogens with zero attached hydrogens (tertiary/aromatic N) is 1. The zero-order valence-electron chi connectivity index (χ0n) is 16.5. The number of Topliss-reactive ketones (excluding diaryl/α,β-unsaturated/α-hetero) is 1. The van der Waals surface area contributed by atoms with Gasteiger partial charge in [0, 0.05) is 41.9 Å². The predicted molar refractivity (Wildman–Crippen MR) is 118 cm³/mol. The number of ether oxygens (including phenoxy) is 1. The summed E-state index contributed by atoms with van der Waals surface area (Å²) in [6.45, 7) is 0. The molecule has 4 heteroatoms. The first-order valence-electron chi connectivity index (χ1n) is 9.23. The van der Waals surface area contributed by atoms with Crippen molar-refractivity contribution in [1.82, 2.24) is 0 Å². The molecule has 0 N–H and O–H groups in total. The van der Waals surface area contributed by atoms with Crippen LogP contribution in [0, 0.1) is 0 Å². The molecule has 0 aromatic heterocycles. The molecule has 3 nitrogen and oxygen atoms in total. The summed E-state index contributed by atoms with van der Waals surface area (Å²) in [6.07, 6.45) is 0.446.